The molecule has 0 saturated heterocycles. The van der Waals surface area contributed by atoms with Crippen molar-refractivity contribution >= 4 is 11.7 Å². The Morgan fingerprint density at radius 2 is 2.11 bits per heavy atom. The Labute approximate surface area is 107 Å². The Kier molecular flexibility index (Phi) is 6.00. The molecule has 5 nitrogen and oxygen atoms in total. The number of rotatable bonds is 7. The Hall–Kier alpha value is -1.75. The van der Waals surface area contributed by atoms with Crippen LogP contribution in [-0.4, -0.2) is 32.4 Å². The van der Waals surface area contributed by atoms with Crippen LogP contribution in [-0.2, 0) is 14.3 Å². The van der Waals surface area contributed by atoms with Crippen molar-refractivity contribution in [2.24, 2.45) is 0 Å². The normalized spacial score (nSPS) is 11.9. The molecule has 1 rings (SSSR count). The van der Waals surface area contributed by atoms with Crippen molar-refractivity contribution in [3.8, 4) is 5.75 Å². The first-order valence-corrected chi connectivity index (χ1v) is 5.79. The minimum Gasteiger partial charge on any atom is -0.480 e. The number of nitrogen functional groups attached to an aromatic ring is 1. The molecule has 0 radical (unpaired) electrons. The van der Waals surface area contributed by atoms with Crippen molar-refractivity contribution in [2.75, 3.05) is 26.1 Å². The van der Waals surface area contributed by atoms with Crippen molar-refractivity contribution in [2.45, 2.75) is 19.4 Å². The van der Waals surface area contributed by atoms with E-state index in [0.717, 1.165) is 0 Å². The molecular weight excluding hydrogens is 234 g/mol. The van der Waals surface area contributed by atoms with E-state index in [-0.39, 0.29) is 12.7 Å². The lowest BCUT2D eigenvalue weighted by molar-refractivity contribution is -0.151. The third kappa shape index (κ3) is 5.05. The van der Waals surface area contributed by atoms with Crippen LogP contribution >= 0.6 is 0 Å². The first-order chi connectivity index (χ1) is 8.63. The quantitative estimate of drug-likeness (QED) is 0.590. The summed E-state index contributed by atoms with van der Waals surface area (Å²) in [5.41, 5.74) is 6.18. The van der Waals surface area contributed by atoms with Crippen LogP contribution in [0.15, 0.2) is 24.3 Å². The topological polar surface area (TPSA) is 70.8 Å². The number of para-hydroxylation sites is 2. The monoisotopic (exact) mass is 253 g/mol. The van der Waals surface area contributed by atoms with E-state index in [4.69, 9.17) is 19.9 Å². The number of benzene rings is 1. The number of hydrogen-bond donors (Lipinski definition) is 1. The van der Waals surface area contributed by atoms with Gasteiger partial charge in [-0.15, -0.1) is 0 Å². The van der Waals surface area contributed by atoms with Crippen molar-refractivity contribution < 1.29 is 19.0 Å². The molecule has 5 heteroatoms. The summed E-state index contributed by atoms with van der Waals surface area (Å²) in [6.45, 7) is 2.22. The highest BCUT2D eigenvalue weighted by molar-refractivity contribution is 5.71. The van der Waals surface area contributed by atoms with E-state index in [2.05, 4.69) is 0 Å². The summed E-state index contributed by atoms with van der Waals surface area (Å²) in [5, 5.41) is 0. The largest absolute Gasteiger partial charge is 0.480 e. The molecule has 1 atom stereocenters. The maximum Gasteiger partial charge on any atom is 0.344 e. The Balaban J connectivity index is 2.31. The van der Waals surface area contributed by atoms with Gasteiger partial charge in [-0.1, -0.05) is 12.1 Å². The van der Waals surface area contributed by atoms with Gasteiger partial charge in [-0.25, -0.2) is 4.79 Å². The minimum atomic E-state index is -0.415. The summed E-state index contributed by atoms with van der Waals surface area (Å²) in [6.07, 6.45) is 0.476. The second-order valence-electron chi connectivity index (χ2n) is 3.91. The average molecular weight is 253 g/mol. The molecule has 1 aromatic carbocycles. The number of ether oxygens (including phenoxy) is 3. The molecule has 0 aliphatic heterocycles. The highest BCUT2D eigenvalue weighted by Gasteiger charge is 2.10. The zero-order valence-corrected chi connectivity index (χ0v) is 10.7. The number of nitrogens with two attached hydrogens (primary N) is 1. The molecule has 0 aromatic heterocycles. The van der Waals surface area contributed by atoms with E-state index in [0.29, 0.717) is 24.5 Å². The molecule has 0 saturated carbocycles. The maximum absolute atomic E-state index is 11.5. The van der Waals surface area contributed by atoms with Gasteiger partial charge in [0.25, 0.3) is 0 Å². The molecule has 0 spiro atoms. The average Bonchev–Trinajstić information content (AvgIpc) is 2.35. The summed E-state index contributed by atoms with van der Waals surface area (Å²) < 4.78 is 15.3. The van der Waals surface area contributed by atoms with Crippen LogP contribution in [0.25, 0.3) is 0 Å². The van der Waals surface area contributed by atoms with Crippen molar-refractivity contribution in [3.05, 3.63) is 24.3 Å². The lowest BCUT2D eigenvalue weighted by Gasteiger charge is -2.13. The number of hydrogen-bond acceptors (Lipinski definition) is 5. The number of methoxy groups -OCH3 is 1. The van der Waals surface area contributed by atoms with Crippen molar-refractivity contribution in [1.82, 2.24) is 0 Å². The van der Waals surface area contributed by atoms with E-state index < -0.39 is 5.97 Å². The van der Waals surface area contributed by atoms with Gasteiger partial charge < -0.3 is 19.9 Å². The smallest absolute Gasteiger partial charge is 0.344 e. The Morgan fingerprint density at radius 1 is 1.39 bits per heavy atom. The molecule has 2 N–H and O–H groups in total. The molecular formula is C13H19NO4. The third-order valence-corrected chi connectivity index (χ3v) is 2.33. The SMILES string of the molecule is COCCC(C)OC(=O)COc1ccccc1N. The van der Waals surface area contributed by atoms with Crippen LogP contribution in [0.3, 0.4) is 0 Å². The van der Waals surface area contributed by atoms with Gasteiger partial charge in [-0.05, 0) is 19.1 Å². The number of esters is 1. The van der Waals surface area contributed by atoms with E-state index in [1.165, 1.54) is 0 Å². The summed E-state index contributed by atoms with van der Waals surface area (Å²) in [6, 6.07) is 7.00. The highest BCUT2D eigenvalue weighted by Crippen LogP contribution is 2.19. The summed E-state index contributed by atoms with van der Waals surface area (Å²) in [5.74, 6) is 0.0702. The van der Waals surface area contributed by atoms with Gasteiger partial charge in [0, 0.05) is 20.1 Å². The van der Waals surface area contributed by atoms with Gasteiger partial charge in [0.15, 0.2) is 6.61 Å². The van der Waals surface area contributed by atoms with Crippen LogP contribution in [0.1, 0.15) is 13.3 Å². The Bertz CT molecular complexity index is 381. The van der Waals surface area contributed by atoms with Crippen molar-refractivity contribution in [1.29, 1.82) is 0 Å². The number of anilines is 1. The molecule has 0 aliphatic rings. The van der Waals surface area contributed by atoms with Gasteiger partial charge in [-0.2, -0.15) is 0 Å². The van der Waals surface area contributed by atoms with Crippen LogP contribution < -0.4 is 10.5 Å². The lowest BCUT2D eigenvalue weighted by atomic mass is 10.3. The van der Waals surface area contributed by atoms with Crippen LogP contribution in [0.5, 0.6) is 5.75 Å². The number of carbonyl (C=O) groups excluding carboxylic acids is 1. The zero-order valence-electron chi connectivity index (χ0n) is 10.7. The van der Waals surface area contributed by atoms with Crippen molar-refractivity contribution in [3.63, 3.8) is 0 Å². The maximum atomic E-state index is 11.5. The van der Waals surface area contributed by atoms with Gasteiger partial charge in [0.2, 0.25) is 0 Å². The molecule has 0 bridgehead atoms. The van der Waals surface area contributed by atoms with Gasteiger partial charge in [0.1, 0.15) is 11.9 Å². The van der Waals surface area contributed by atoms with E-state index in [1.807, 2.05) is 6.92 Å². The van der Waals surface area contributed by atoms with E-state index in [9.17, 15) is 4.79 Å². The summed E-state index contributed by atoms with van der Waals surface area (Å²) >= 11 is 0. The van der Waals surface area contributed by atoms with Crippen LogP contribution in [0.2, 0.25) is 0 Å². The summed E-state index contributed by atoms with van der Waals surface area (Å²) in [4.78, 5) is 11.5. The van der Waals surface area contributed by atoms with Crippen LogP contribution in [0.4, 0.5) is 5.69 Å². The molecule has 0 amide bonds. The second-order valence-corrected chi connectivity index (χ2v) is 3.91. The fourth-order valence-electron chi connectivity index (χ4n) is 1.35. The van der Waals surface area contributed by atoms with Gasteiger partial charge in [-0.3, -0.25) is 0 Å². The zero-order chi connectivity index (χ0) is 13.4. The molecule has 0 aliphatic carbocycles. The Morgan fingerprint density at radius 3 is 2.78 bits per heavy atom. The van der Waals surface area contributed by atoms with Gasteiger partial charge in [0.05, 0.1) is 5.69 Å². The molecule has 100 valence electrons. The molecule has 0 heterocycles. The molecule has 1 unspecified atom stereocenters. The first kappa shape index (κ1) is 14.3. The van der Waals surface area contributed by atoms with E-state index >= 15 is 0 Å². The lowest BCUT2D eigenvalue weighted by Crippen LogP contribution is -2.21. The fourth-order valence-corrected chi connectivity index (χ4v) is 1.35. The predicted molar refractivity (Wildman–Crippen MR) is 68.4 cm³/mol. The standard InChI is InChI=1S/C13H19NO4/c1-10(7-8-16-2)18-13(15)9-17-12-6-4-3-5-11(12)14/h3-6,10H,7-9,14H2,1-2H3. The first-order valence-electron chi connectivity index (χ1n) is 5.79. The van der Waals surface area contributed by atoms with Crippen LogP contribution in [0, 0.1) is 0 Å². The highest BCUT2D eigenvalue weighted by atomic mass is 16.6. The number of carbonyl (C=O) groups is 1. The minimum absolute atomic E-state index is 0.147. The molecule has 0 fully saturated rings. The predicted octanol–water partition coefficient (Wildman–Crippen LogP) is 1.62. The fraction of sp³-hybridized carbons (Fsp3) is 0.462. The van der Waals surface area contributed by atoms with E-state index in [1.54, 1.807) is 31.4 Å². The molecule has 1 aromatic rings. The summed E-state index contributed by atoms with van der Waals surface area (Å²) in [7, 11) is 1.61. The third-order valence-electron chi connectivity index (χ3n) is 2.33. The molecule has 18 heavy (non-hydrogen) atoms. The second kappa shape index (κ2) is 7.55. The van der Waals surface area contributed by atoms with Gasteiger partial charge >= 0.3 is 5.97 Å².